The lowest BCUT2D eigenvalue weighted by molar-refractivity contribution is 0.0131. The van der Waals surface area contributed by atoms with Gasteiger partial charge in [-0.25, -0.2) is 14.9 Å². The van der Waals surface area contributed by atoms with E-state index in [9.17, 15) is 9.59 Å². The summed E-state index contributed by atoms with van der Waals surface area (Å²) in [5.74, 6) is 0.713. The molecule has 2 aliphatic rings. The van der Waals surface area contributed by atoms with Crippen LogP contribution in [0.2, 0.25) is 0 Å². The number of amides is 1. The lowest BCUT2D eigenvalue weighted by Crippen LogP contribution is -2.51. The van der Waals surface area contributed by atoms with Crippen LogP contribution in [-0.4, -0.2) is 75.9 Å². The van der Waals surface area contributed by atoms with E-state index in [1.54, 1.807) is 17.2 Å². The van der Waals surface area contributed by atoms with Crippen LogP contribution < -0.4 is 10.9 Å². The zero-order valence-corrected chi connectivity index (χ0v) is 18.8. The van der Waals surface area contributed by atoms with E-state index < -0.39 is 5.60 Å². The first-order valence-corrected chi connectivity index (χ1v) is 10.9. The number of nitrogens with one attached hydrogen (secondary N) is 2. The molecule has 1 amide bonds. The summed E-state index contributed by atoms with van der Waals surface area (Å²) >= 11 is 0. The van der Waals surface area contributed by atoms with E-state index in [0.29, 0.717) is 24.3 Å². The molecule has 0 aromatic carbocycles. The van der Waals surface area contributed by atoms with Crippen LogP contribution in [-0.2, 0) is 4.74 Å². The Hall–Kier alpha value is -2.68. The highest BCUT2D eigenvalue weighted by atomic mass is 16.6. The quantitative estimate of drug-likeness (QED) is 0.753. The Morgan fingerprint density at radius 3 is 2.58 bits per heavy atom. The zero-order valence-electron chi connectivity index (χ0n) is 18.8. The Kier molecular flexibility index (Phi) is 5.63. The number of fused-ring (bicyclic) bond motifs is 1. The molecule has 1 aliphatic heterocycles. The predicted molar refractivity (Wildman–Crippen MR) is 119 cm³/mol. The van der Waals surface area contributed by atoms with Gasteiger partial charge < -0.3 is 15.0 Å². The third-order valence-electron chi connectivity index (χ3n) is 6.05. The number of H-pyrrole nitrogens is 1. The number of hydrogen-bond donors (Lipinski definition) is 2. The maximum Gasteiger partial charge on any atom is 0.410 e. The monoisotopic (exact) mass is 428 g/mol. The van der Waals surface area contributed by atoms with Gasteiger partial charge in [-0.05, 0) is 46.6 Å². The minimum absolute atomic E-state index is 0.199. The third kappa shape index (κ3) is 5.15. The molecule has 1 saturated carbocycles. The Balaban J connectivity index is 1.30. The van der Waals surface area contributed by atoms with Crippen LogP contribution in [0.25, 0.3) is 10.8 Å². The van der Waals surface area contributed by atoms with Crippen LogP contribution in [0.4, 0.5) is 10.6 Å². The maximum atomic E-state index is 12.3. The number of nitrogens with zero attached hydrogens (tertiary/aromatic N) is 4. The summed E-state index contributed by atoms with van der Waals surface area (Å²) in [7, 11) is 0. The van der Waals surface area contributed by atoms with Crippen LogP contribution >= 0.6 is 0 Å². The summed E-state index contributed by atoms with van der Waals surface area (Å²) in [5.41, 5.74) is 0.327. The van der Waals surface area contributed by atoms with E-state index in [0.717, 1.165) is 37.3 Å². The molecule has 168 valence electrons. The first-order chi connectivity index (χ1) is 14.6. The summed E-state index contributed by atoms with van der Waals surface area (Å²) in [4.78, 5) is 33.1. The van der Waals surface area contributed by atoms with Crippen molar-refractivity contribution in [3.8, 4) is 0 Å². The van der Waals surface area contributed by atoms with Gasteiger partial charge in [-0.2, -0.15) is 5.10 Å². The maximum absolute atomic E-state index is 12.3. The SMILES string of the molecule is Cc1n[nH]c(=O)c2cc(NCC3(CN4CCN(C(=O)OC(C)(C)C)CC4)CC3)ncc12. The molecule has 0 bridgehead atoms. The molecule has 0 radical (unpaired) electrons. The van der Waals surface area contributed by atoms with Crippen LogP contribution in [0.1, 0.15) is 39.3 Å². The fraction of sp³-hybridized carbons (Fsp3) is 0.636. The Bertz CT molecular complexity index is 1020. The summed E-state index contributed by atoms with van der Waals surface area (Å²) < 4.78 is 5.48. The molecular formula is C22H32N6O3. The van der Waals surface area contributed by atoms with Crippen molar-refractivity contribution in [3.63, 3.8) is 0 Å². The van der Waals surface area contributed by atoms with Crippen molar-refractivity contribution in [3.05, 3.63) is 28.3 Å². The van der Waals surface area contributed by atoms with Crippen LogP contribution in [0.5, 0.6) is 0 Å². The van der Waals surface area contributed by atoms with E-state index in [2.05, 4.69) is 25.4 Å². The molecule has 2 N–H and O–H groups in total. The molecule has 2 aromatic heterocycles. The first kappa shape index (κ1) is 21.5. The van der Waals surface area contributed by atoms with Crippen molar-refractivity contribution >= 4 is 22.7 Å². The highest BCUT2D eigenvalue weighted by Crippen LogP contribution is 2.46. The molecular weight excluding hydrogens is 396 g/mol. The van der Waals surface area contributed by atoms with Gasteiger partial charge in [0.25, 0.3) is 5.56 Å². The fourth-order valence-electron chi connectivity index (χ4n) is 4.02. The number of aromatic amines is 1. The van der Waals surface area contributed by atoms with Crippen molar-refractivity contribution in [2.24, 2.45) is 5.41 Å². The number of carbonyl (C=O) groups excluding carboxylic acids is 1. The van der Waals surface area contributed by atoms with Gasteiger partial charge in [-0.1, -0.05) is 0 Å². The molecule has 4 rings (SSSR count). The van der Waals surface area contributed by atoms with E-state index >= 15 is 0 Å². The van der Waals surface area contributed by atoms with Crippen molar-refractivity contribution in [2.45, 2.75) is 46.1 Å². The average Bonchev–Trinajstić information content (AvgIpc) is 3.48. The predicted octanol–water partition coefficient (Wildman–Crippen LogP) is 2.37. The van der Waals surface area contributed by atoms with Gasteiger partial charge in [0, 0.05) is 56.3 Å². The van der Waals surface area contributed by atoms with E-state index in [1.165, 1.54) is 12.8 Å². The van der Waals surface area contributed by atoms with Gasteiger partial charge in [0.05, 0.1) is 11.1 Å². The molecule has 1 saturated heterocycles. The smallest absolute Gasteiger partial charge is 0.410 e. The van der Waals surface area contributed by atoms with Gasteiger partial charge >= 0.3 is 6.09 Å². The van der Waals surface area contributed by atoms with E-state index in [-0.39, 0.29) is 17.1 Å². The van der Waals surface area contributed by atoms with Crippen LogP contribution in [0.15, 0.2) is 17.1 Å². The molecule has 9 heteroatoms. The third-order valence-corrected chi connectivity index (χ3v) is 6.05. The van der Waals surface area contributed by atoms with Crippen LogP contribution in [0.3, 0.4) is 0 Å². The minimum atomic E-state index is -0.463. The van der Waals surface area contributed by atoms with Gasteiger partial charge in [-0.3, -0.25) is 9.69 Å². The van der Waals surface area contributed by atoms with E-state index in [4.69, 9.17) is 4.74 Å². The van der Waals surface area contributed by atoms with Crippen molar-refractivity contribution in [1.82, 2.24) is 25.0 Å². The summed E-state index contributed by atoms with van der Waals surface area (Å²) in [6.45, 7) is 12.5. The molecule has 3 heterocycles. The molecule has 9 nitrogen and oxygen atoms in total. The van der Waals surface area contributed by atoms with Gasteiger partial charge in [0.2, 0.25) is 0 Å². The Morgan fingerprint density at radius 1 is 1.23 bits per heavy atom. The first-order valence-electron chi connectivity index (χ1n) is 10.9. The number of pyridine rings is 1. The number of ether oxygens (including phenoxy) is 1. The van der Waals surface area contributed by atoms with E-state index in [1.807, 2.05) is 27.7 Å². The molecule has 2 fully saturated rings. The lowest BCUT2D eigenvalue weighted by Gasteiger charge is -2.37. The summed E-state index contributed by atoms with van der Waals surface area (Å²) in [5, 5.41) is 11.3. The van der Waals surface area contributed by atoms with Crippen LogP contribution in [0, 0.1) is 12.3 Å². The Morgan fingerprint density at radius 2 is 1.94 bits per heavy atom. The number of aromatic nitrogens is 3. The second-order valence-corrected chi connectivity index (χ2v) is 9.85. The molecule has 0 spiro atoms. The summed E-state index contributed by atoms with van der Waals surface area (Å²) in [6, 6.07) is 1.80. The number of hydrogen-bond acceptors (Lipinski definition) is 7. The highest BCUT2D eigenvalue weighted by molar-refractivity contribution is 5.84. The lowest BCUT2D eigenvalue weighted by atomic mass is 10.1. The molecule has 1 aliphatic carbocycles. The van der Waals surface area contributed by atoms with Crippen molar-refractivity contribution in [2.75, 3.05) is 44.6 Å². The van der Waals surface area contributed by atoms with Crippen molar-refractivity contribution in [1.29, 1.82) is 0 Å². The number of anilines is 1. The minimum Gasteiger partial charge on any atom is -0.444 e. The van der Waals surface area contributed by atoms with Crippen molar-refractivity contribution < 1.29 is 9.53 Å². The molecule has 0 atom stereocenters. The van der Waals surface area contributed by atoms with Gasteiger partial charge in [-0.15, -0.1) is 0 Å². The highest BCUT2D eigenvalue weighted by Gasteiger charge is 2.44. The number of aryl methyl sites for hydroxylation is 1. The Labute approximate surface area is 182 Å². The normalized spacial score (nSPS) is 18.8. The standard InChI is InChI=1S/C22H32N6O3/c1-15-17-12-23-18(11-16(17)19(29)26-25-15)24-13-22(5-6-22)14-27-7-9-28(10-8-27)20(30)31-21(2,3)4/h11-12H,5-10,13-14H2,1-4H3,(H,23,24)(H,26,29). The van der Waals surface area contributed by atoms with Gasteiger partial charge in [0.1, 0.15) is 11.4 Å². The second-order valence-electron chi connectivity index (χ2n) is 9.85. The fourth-order valence-corrected chi connectivity index (χ4v) is 4.02. The molecule has 31 heavy (non-hydrogen) atoms. The number of rotatable bonds is 5. The number of carbonyl (C=O) groups is 1. The average molecular weight is 429 g/mol. The zero-order chi connectivity index (χ0) is 22.2. The van der Waals surface area contributed by atoms with Gasteiger partial charge in [0.15, 0.2) is 0 Å². The second kappa shape index (κ2) is 8.11. The number of piperazine rings is 1. The largest absolute Gasteiger partial charge is 0.444 e. The topological polar surface area (TPSA) is 103 Å². The summed E-state index contributed by atoms with van der Waals surface area (Å²) in [6.07, 6.45) is 3.83. The molecule has 0 unspecified atom stereocenters. The molecule has 2 aromatic rings.